The first-order valence-corrected chi connectivity index (χ1v) is 8.89. The summed E-state index contributed by atoms with van der Waals surface area (Å²) in [5.74, 6) is -0.300. The van der Waals surface area contributed by atoms with E-state index in [0.717, 1.165) is 5.56 Å². The Bertz CT molecular complexity index is 856. The number of carbonyl (C=O) groups is 1. The molecule has 0 saturated carbocycles. The van der Waals surface area contributed by atoms with Crippen molar-refractivity contribution in [2.75, 3.05) is 19.0 Å². The number of benzene rings is 2. The molecule has 0 aromatic heterocycles. The Balaban J connectivity index is 2.19. The van der Waals surface area contributed by atoms with Crippen molar-refractivity contribution in [3.05, 3.63) is 63.6 Å². The summed E-state index contributed by atoms with van der Waals surface area (Å²) >= 11 is 12.2. The molecule has 1 aliphatic rings. The number of aliphatic hydroxyl groups is 2. The minimum atomic E-state index is -1.61. The fourth-order valence-corrected chi connectivity index (χ4v) is 3.80. The molecule has 1 heterocycles. The van der Waals surface area contributed by atoms with Crippen LogP contribution in [-0.4, -0.2) is 40.4 Å². The highest BCUT2D eigenvalue weighted by atomic mass is 35.5. The summed E-state index contributed by atoms with van der Waals surface area (Å²) in [6.07, 6.45) is 0.265. The number of likely N-dealkylation sites (N-methyl/N-ethyl adjacent to an activating group) is 1. The fourth-order valence-electron chi connectivity index (χ4n) is 3.42. The van der Waals surface area contributed by atoms with Crippen molar-refractivity contribution in [3.63, 3.8) is 0 Å². The lowest BCUT2D eigenvalue weighted by atomic mass is 9.82. The summed E-state index contributed by atoms with van der Waals surface area (Å²) in [4.78, 5) is 14.6. The number of hydrogen-bond acceptors (Lipinski definition) is 4. The fraction of sp³-hybridized carbons (Fsp3) is 0.316. The number of rotatable bonds is 5. The first-order valence-electron chi connectivity index (χ1n) is 8.14. The van der Waals surface area contributed by atoms with E-state index >= 15 is 0 Å². The van der Waals surface area contributed by atoms with Crippen LogP contribution in [0.5, 0.6) is 0 Å². The summed E-state index contributed by atoms with van der Waals surface area (Å²) < 4.78 is 0. The maximum Gasteiger partial charge on any atom is 0.250 e. The van der Waals surface area contributed by atoms with Crippen molar-refractivity contribution in [1.29, 1.82) is 0 Å². The van der Waals surface area contributed by atoms with Gasteiger partial charge in [0.25, 0.3) is 0 Å². The van der Waals surface area contributed by atoms with Gasteiger partial charge in [0.15, 0.2) is 0 Å². The van der Waals surface area contributed by atoms with E-state index in [1.807, 2.05) is 12.1 Å². The Morgan fingerprint density at radius 2 is 1.88 bits per heavy atom. The molecule has 1 aliphatic heterocycles. The molecule has 0 saturated heterocycles. The van der Waals surface area contributed by atoms with Crippen molar-refractivity contribution >= 4 is 34.8 Å². The van der Waals surface area contributed by atoms with Gasteiger partial charge in [-0.05, 0) is 43.8 Å². The lowest BCUT2D eigenvalue weighted by Crippen LogP contribution is -2.61. The lowest BCUT2D eigenvalue weighted by Gasteiger charge is -2.45. The van der Waals surface area contributed by atoms with Gasteiger partial charge in [0.1, 0.15) is 11.3 Å². The highest BCUT2D eigenvalue weighted by Crippen LogP contribution is 2.45. The number of fused-ring (bicyclic) bond motifs is 1. The number of nitrogens with one attached hydrogen (secondary N) is 1. The van der Waals surface area contributed by atoms with Crippen molar-refractivity contribution in [2.24, 2.45) is 0 Å². The van der Waals surface area contributed by atoms with Crippen molar-refractivity contribution in [1.82, 2.24) is 4.90 Å². The molecule has 26 heavy (non-hydrogen) atoms. The molecule has 3 rings (SSSR count). The largest absolute Gasteiger partial charge is 0.392 e. The molecule has 7 heteroatoms. The molecule has 3 N–H and O–H groups in total. The molecule has 138 valence electrons. The van der Waals surface area contributed by atoms with E-state index < -0.39 is 17.9 Å². The normalized spacial score (nSPS) is 21.4. The molecule has 0 spiro atoms. The summed E-state index contributed by atoms with van der Waals surface area (Å²) in [5, 5.41) is 24.3. The third-order valence-corrected chi connectivity index (χ3v) is 5.46. The molecule has 0 bridgehead atoms. The molecule has 5 nitrogen and oxygen atoms in total. The van der Waals surface area contributed by atoms with Gasteiger partial charge in [0, 0.05) is 27.7 Å². The van der Waals surface area contributed by atoms with E-state index in [2.05, 4.69) is 5.32 Å². The minimum Gasteiger partial charge on any atom is -0.392 e. The number of anilines is 1. The van der Waals surface area contributed by atoms with Gasteiger partial charge >= 0.3 is 0 Å². The van der Waals surface area contributed by atoms with Crippen LogP contribution in [0.2, 0.25) is 10.0 Å². The van der Waals surface area contributed by atoms with Crippen LogP contribution in [0.1, 0.15) is 18.1 Å². The van der Waals surface area contributed by atoms with E-state index in [1.165, 1.54) is 11.8 Å². The van der Waals surface area contributed by atoms with Gasteiger partial charge in [-0.15, -0.1) is 0 Å². The zero-order valence-electron chi connectivity index (χ0n) is 14.5. The number of aliphatic hydroxyl groups excluding tert-OH is 1. The number of hydrogen-bond donors (Lipinski definition) is 3. The lowest BCUT2D eigenvalue weighted by molar-refractivity contribution is -0.169. The smallest absolute Gasteiger partial charge is 0.250 e. The van der Waals surface area contributed by atoms with E-state index in [9.17, 15) is 15.0 Å². The van der Waals surface area contributed by atoms with E-state index in [4.69, 9.17) is 23.2 Å². The number of amides is 1. The molecule has 2 aromatic carbocycles. The second kappa shape index (κ2) is 6.83. The van der Waals surface area contributed by atoms with E-state index in [0.29, 0.717) is 21.3 Å². The highest BCUT2D eigenvalue weighted by molar-refractivity contribution is 6.31. The Hall–Kier alpha value is -1.63. The standard InChI is InChI=1S/C19H20Cl2N2O3/c1-18(26,11-24)23(2)19(10-12-4-3-5-13(20)8-12)15-7-6-14(21)9-16(15)22-17(19)25/h3-9,24,26H,10-11H2,1-2H3,(H,22,25). The van der Waals surface area contributed by atoms with Crippen LogP contribution in [0.3, 0.4) is 0 Å². The maximum atomic E-state index is 13.1. The van der Waals surface area contributed by atoms with Gasteiger partial charge < -0.3 is 15.5 Å². The van der Waals surface area contributed by atoms with E-state index in [-0.39, 0.29) is 12.3 Å². The van der Waals surface area contributed by atoms with Crippen LogP contribution in [0.15, 0.2) is 42.5 Å². The second-order valence-corrected chi connectivity index (χ2v) is 7.62. The van der Waals surface area contributed by atoms with Crippen LogP contribution >= 0.6 is 23.2 Å². The molecule has 2 atom stereocenters. The van der Waals surface area contributed by atoms with Gasteiger partial charge in [0.05, 0.1) is 6.61 Å². The SMILES string of the molecule is CN(C(C)(O)CO)C1(Cc2cccc(Cl)c2)C(=O)Nc2cc(Cl)ccc21. The Labute approximate surface area is 162 Å². The van der Waals surface area contributed by atoms with Crippen molar-refractivity contribution in [3.8, 4) is 0 Å². The molecule has 1 amide bonds. The monoisotopic (exact) mass is 394 g/mol. The molecule has 0 aliphatic carbocycles. The zero-order chi connectivity index (χ0) is 19.1. The Kier molecular flexibility index (Phi) is 5.03. The maximum absolute atomic E-state index is 13.1. The van der Waals surface area contributed by atoms with E-state index in [1.54, 1.807) is 37.4 Å². The molecular weight excluding hydrogens is 375 g/mol. The van der Waals surface area contributed by atoms with Gasteiger partial charge in [-0.2, -0.15) is 0 Å². The molecule has 0 fully saturated rings. The minimum absolute atomic E-state index is 0.265. The summed E-state index contributed by atoms with van der Waals surface area (Å²) in [7, 11) is 1.62. The second-order valence-electron chi connectivity index (χ2n) is 6.75. The van der Waals surface area contributed by atoms with Crippen LogP contribution in [0, 0.1) is 0 Å². The van der Waals surface area contributed by atoms with Crippen molar-refractivity contribution < 1.29 is 15.0 Å². The first kappa shape index (κ1) is 19.1. The third kappa shape index (κ3) is 3.10. The van der Waals surface area contributed by atoms with Crippen LogP contribution < -0.4 is 5.32 Å². The number of halogens is 2. The number of nitrogens with zero attached hydrogens (tertiary/aromatic N) is 1. The quantitative estimate of drug-likeness (QED) is 0.681. The molecular formula is C19H20Cl2N2O3. The van der Waals surface area contributed by atoms with Crippen LogP contribution in [0.4, 0.5) is 5.69 Å². The molecule has 2 unspecified atom stereocenters. The molecule has 2 aromatic rings. The predicted octanol–water partition coefficient (Wildman–Crippen LogP) is 3.02. The van der Waals surface area contributed by atoms with Crippen LogP contribution in [-0.2, 0) is 16.8 Å². The predicted molar refractivity (Wildman–Crippen MR) is 102 cm³/mol. The zero-order valence-corrected chi connectivity index (χ0v) is 16.0. The number of carbonyl (C=O) groups excluding carboxylic acids is 1. The van der Waals surface area contributed by atoms with Gasteiger partial charge in [-0.1, -0.05) is 41.4 Å². The third-order valence-electron chi connectivity index (χ3n) is 4.99. The Morgan fingerprint density at radius 3 is 2.54 bits per heavy atom. The highest BCUT2D eigenvalue weighted by Gasteiger charge is 2.54. The summed E-state index contributed by atoms with van der Waals surface area (Å²) in [6.45, 7) is 0.935. The molecule has 0 radical (unpaired) electrons. The Morgan fingerprint density at radius 1 is 1.19 bits per heavy atom. The van der Waals surface area contributed by atoms with Crippen molar-refractivity contribution in [2.45, 2.75) is 24.6 Å². The first-order chi connectivity index (χ1) is 12.2. The topological polar surface area (TPSA) is 72.8 Å². The summed E-state index contributed by atoms with van der Waals surface area (Å²) in [6, 6.07) is 12.4. The van der Waals surface area contributed by atoms with Gasteiger partial charge in [-0.3, -0.25) is 9.69 Å². The average molecular weight is 395 g/mol. The summed E-state index contributed by atoms with van der Waals surface area (Å²) in [5.41, 5.74) is -0.738. The van der Waals surface area contributed by atoms with Crippen LogP contribution in [0.25, 0.3) is 0 Å². The van der Waals surface area contributed by atoms with Gasteiger partial charge in [-0.25, -0.2) is 0 Å². The van der Waals surface area contributed by atoms with Gasteiger partial charge in [0.2, 0.25) is 5.91 Å². The average Bonchev–Trinajstić information content (AvgIpc) is 2.85.